The molecule has 612 valence electrons. The lowest BCUT2D eigenvalue weighted by molar-refractivity contribution is -0.384. The largest absolute Gasteiger partial charge is 0.507 e. The number of carbonyl (C=O) groups excluding carboxylic acids is 4. The third-order valence-corrected chi connectivity index (χ3v) is 18.7. The van der Waals surface area contributed by atoms with Crippen molar-refractivity contribution in [2.24, 2.45) is 17.6 Å². The van der Waals surface area contributed by atoms with Crippen LogP contribution in [0.15, 0.2) is 277 Å². The molecule has 0 radical (unpaired) electrons. The number of phenolic OH excluding ortho intramolecular Hbond substituents is 1. The maximum absolute atomic E-state index is 12.1. The first-order valence-electron chi connectivity index (χ1n) is 37.2. The van der Waals surface area contributed by atoms with E-state index in [0.717, 1.165) is 82.3 Å². The molecule has 7 aromatic heterocycles. The Balaban J connectivity index is 0.000000157. The number of hydrogen-bond acceptors (Lipinski definition) is 26. The molecule has 1 fully saturated rings. The fraction of sp³-hybridized carbons (Fsp3) is 0.202. The van der Waals surface area contributed by atoms with E-state index in [1.165, 1.54) is 24.7 Å². The summed E-state index contributed by atoms with van der Waals surface area (Å²) in [5, 5.41) is 53.0. The molecule has 0 spiro atoms. The van der Waals surface area contributed by atoms with E-state index < -0.39 is 14.9 Å². The number of phenols is 1. The van der Waals surface area contributed by atoms with Crippen LogP contribution in [0.2, 0.25) is 0 Å². The molecule has 4 amide bonds. The van der Waals surface area contributed by atoms with E-state index in [9.17, 15) is 42.8 Å². The number of anilines is 7. The summed E-state index contributed by atoms with van der Waals surface area (Å²) in [7, 11) is 0.510. The average Bonchev–Trinajstić information content (AvgIpc) is 1.67. The Morgan fingerprint density at radius 1 is 0.517 bits per heavy atom. The molecule has 0 aliphatic heterocycles. The van der Waals surface area contributed by atoms with Crippen LogP contribution >= 0.6 is 0 Å². The van der Waals surface area contributed by atoms with Crippen molar-refractivity contribution < 1.29 is 64.8 Å². The van der Waals surface area contributed by atoms with E-state index in [1.54, 1.807) is 72.1 Å². The number of imidazole rings is 1. The molecule has 1 aliphatic carbocycles. The molecule has 12 N–H and O–H groups in total. The molecule has 15 rings (SSSR count). The molecule has 0 bridgehead atoms. The van der Waals surface area contributed by atoms with Crippen LogP contribution in [0.25, 0.3) is 72.4 Å². The highest BCUT2D eigenvalue weighted by molar-refractivity contribution is 7.92. The van der Waals surface area contributed by atoms with Gasteiger partial charge in [-0.2, -0.15) is 0 Å². The second-order valence-electron chi connectivity index (χ2n) is 26.6. The molecule has 0 atom stereocenters. The quantitative estimate of drug-likeness (QED) is 0.0212. The zero-order chi connectivity index (χ0) is 84.2. The average molecular weight is 1620 g/mol. The van der Waals surface area contributed by atoms with Gasteiger partial charge < -0.3 is 54.3 Å². The first kappa shape index (κ1) is 87.3. The number of nitrogens with two attached hydrogens (primary N) is 3. The lowest BCUT2D eigenvalue weighted by Gasteiger charge is -2.12. The molecule has 1 saturated carbocycles. The summed E-state index contributed by atoms with van der Waals surface area (Å²) in [6.07, 6.45) is 18.3. The Kier molecular flexibility index (Phi) is 33.1. The standard InChI is InChI=1S/C15H16N2O2.C14H17N3O2.C13H17N3O2S.C13H14N2O2.C11H11N3O2.C9H7N3O3.C9H8N2O2/c18-14(12-8-4-5-9-12)17-15-13(10-16-19-15)11-6-2-1-3-7-11;1-17(2)9-8-13(18)16-14-12(10-15-19-14)11-6-4-3-5-7-11;1-11(2)9-19(17,18)15-13-8-14-10-16(13)12-6-4-3-5-7-12;1-2-6-12(16)15-13-11(9-14-17-13)10-7-4-3-5-8-10;12-6-10(15)14-11-9(7-13-16-11)8-4-2-1-3-5-8;10-9-7(5-11-15-9)6-3-1-2-4-8(6)12(13)14;10-9-7(5-11-13-9)6-3-1-2-4-8(6)12/h1-3,6-7,10,12H,4-5,8-9H2,(H,17,18);3-7,10H,8-9H2,1-2H3,(H,16,18);3-8,10-11,15H,9H2,1-2H3;3-5,7-9H,2,6H2,1H3,(H,15,16);1-5,7H,6,12H2,(H,14,15);1-5H,10H2;1-5,12H,10H2. The maximum atomic E-state index is 12.1. The SMILES string of the molecule is CC(C)CS(=O)(=O)Nc1cncn1-c1ccccc1.CCCC(=O)Nc1oncc1-c1ccccc1.CN(C)CCC(=O)Nc1oncc1-c1ccccc1.NCC(=O)Nc1oncc1-c1ccccc1.Nc1oncc1-c1ccccc1O.Nc1oncc1-c1ccccc1[N+](=O)[O-].O=C(Nc1oncc1-c1ccccc1)C1CCCC1. The minimum Gasteiger partial charge on any atom is -0.507 e. The van der Waals surface area contributed by atoms with Crippen molar-refractivity contribution >= 4 is 80.5 Å². The van der Waals surface area contributed by atoms with Crippen molar-refractivity contribution in [3.05, 3.63) is 260 Å². The number of aromatic nitrogens is 8. The number of nitrogens with one attached hydrogen (secondary N) is 5. The number of nitro benzene ring substituents is 1. The molecule has 7 heterocycles. The fourth-order valence-corrected chi connectivity index (χ4v) is 12.8. The van der Waals surface area contributed by atoms with Crippen LogP contribution in [0, 0.1) is 22.0 Å². The highest BCUT2D eigenvalue weighted by Crippen LogP contribution is 2.36. The van der Waals surface area contributed by atoms with Crippen LogP contribution in [0.3, 0.4) is 0 Å². The van der Waals surface area contributed by atoms with Crippen LogP contribution in [-0.2, 0) is 29.2 Å². The first-order chi connectivity index (χ1) is 57.1. The van der Waals surface area contributed by atoms with Gasteiger partial charge >= 0.3 is 0 Å². The minimum absolute atomic E-state index is 0.0209. The van der Waals surface area contributed by atoms with Gasteiger partial charge in [0, 0.05) is 42.6 Å². The van der Waals surface area contributed by atoms with E-state index in [1.807, 2.05) is 197 Å². The summed E-state index contributed by atoms with van der Waals surface area (Å²) in [6.45, 7) is 6.30. The number of benzene rings is 7. The Bertz CT molecular complexity index is 5530. The smallest absolute Gasteiger partial charge is 0.277 e. The number of hydrogen-bond donors (Lipinski definition) is 9. The third-order valence-electron chi connectivity index (χ3n) is 17.1. The van der Waals surface area contributed by atoms with Gasteiger partial charge in [0.2, 0.25) is 69.0 Å². The number of para-hydroxylation sites is 3. The lowest BCUT2D eigenvalue weighted by atomic mass is 10.1. The highest BCUT2D eigenvalue weighted by atomic mass is 32.2. The number of carbonyl (C=O) groups is 4. The van der Waals surface area contributed by atoms with Crippen LogP contribution in [-0.4, -0.2) is 120 Å². The van der Waals surface area contributed by atoms with Crippen LogP contribution < -0.4 is 43.2 Å². The Morgan fingerprint density at radius 2 is 0.898 bits per heavy atom. The Hall–Kier alpha value is -14.6. The molecule has 14 aromatic rings. The normalized spacial score (nSPS) is 11.4. The number of rotatable bonds is 23. The molecule has 118 heavy (non-hydrogen) atoms. The molecule has 7 aromatic carbocycles. The molecule has 33 nitrogen and oxygen atoms in total. The topological polar surface area (TPSA) is 481 Å². The zero-order valence-electron chi connectivity index (χ0n) is 65.2. The number of nitro groups is 1. The van der Waals surface area contributed by atoms with E-state index in [0.29, 0.717) is 71.0 Å². The van der Waals surface area contributed by atoms with Gasteiger partial charge in [-0.25, -0.2) is 13.4 Å². The minimum atomic E-state index is -3.35. The number of nitrogens with zero attached hydrogens (tertiary/aromatic N) is 10. The van der Waals surface area contributed by atoms with Crippen LogP contribution in [0.4, 0.5) is 46.8 Å². The summed E-state index contributed by atoms with van der Waals surface area (Å²) < 4.78 is 57.8. The van der Waals surface area contributed by atoms with Gasteiger partial charge in [0.1, 0.15) is 17.9 Å². The van der Waals surface area contributed by atoms with Crippen molar-refractivity contribution in [3.63, 3.8) is 0 Å². The number of nitrogen functional groups attached to an aromatic ring is 2. The van der Waals surface area contributed by atoms with E-state index >= 15 is 0 Å². The van der Waals surface area contributed by atoms with Gasteiger partial charge in [0.05, 0.1) is 99.5 Å². The molecule has 0 unspecified atom stereocenters. The summed E-state index contributed by atoms with van der Waals surface area (Å²) in [6, 6.07) is 61.3. The van der Waals surface area contributed by atoms with E-state index in [-0.39, 0.29) is 71.0 Å². The number of aromatic hydroxyl groups is 1. The predicted molar refractivity (Wildman–Crippen MR) is 448 cm³/mol. The lowest BCUT2D eigenvalue weighted by Crippen LogP contribution is -2.21. The Morgan fingerprint density at radius 3 is 1.31 bits per heavy atom. The van der Waals surface area contributed by atoms with Gasteiger partial charge in [-0.15, -0.1) is 0 Å². The van der Waals surface area contributed by atoms with Crippen LogP contribution in [0.1, 0.15) is 65.7 Å². The second kappa shape index (κ2) is 44.7. The van der Waals surface area contributed by atoms with Crippen molar-refractivity contribution in [2.75, 3.05) is 70.4 Å². The molecular weight excluding hydrogens is 1530 g/mol. The Labute approximate surface area is 679 Å². The van der Waals surface area contributed by atoms with Crippen molar-refractivity contribution in [1.82, 2.24) is 45.4 Å². The van der Waals surface area contributed by atoms with Gasteiger partial charge in [0.25, 0.3) is 5.69 Å². The van der Waals surface area contributed by atoms with Gasteiger partial charge in [-0.05, 0) is 85.8 Å². The van der Waals surface area contributed by atoms with Crippen molar-refractivity contribution in [3.8, 4) is 78.2 Å². The van der Waals surface area contributed by atoms with Gasteiger partial charge in [-0.1, -0.05) is 234 Å². The summed E-state index contributed by atoms with van der Waals surface area (Å²) >= 11 is 0. The molecule has 1 aliphatic rings. The molecule has 34 heteroatoms. The summed E-state index contributed by atoms with van der Waals surface area (Å²) in [4.78, 5) is 62.7. The monoisotopic (exact) mass is 1620 g/mol. The van der Waals surface area contributed by atoms with Gasteiger partial charge in [0.15, 0.2) is 0 Å². The van der Waals surface area contributed by atoms with Crippen LogP contribution in [0.5, 0.6) is 5.75 Å². The zero-order valence-corrected chi connectivity index (χ0v) is 66.0. The maximum Gasteiger partial charge on any atom is 0.277 e. The molecular formula is C84H90N18O15S. The first-order valence-corrected chi connectivity index (χ1v) is 38.8. The fourth-order valence-electron chi connectivity index (χ4n) is 11.4. The second-order valence-corrected chi connectivity index (χ2v) is 28.4. The van der Waals surface area contributed by atoms with Gasteiger partial charge in [-0.3, -0.25) is 59.8 Å². The van der Waals surface area contributed by atoms with Crippen molar-refractivity contribution in [1.29, 1.82) is 0 Å². The van der Waals surface area contributed by atoms with Crippen molar-refractivity contribution in [2.45, 2.75) is 65.7 Å². The number of sulfonamides is 1. The van der Waals surface area contributed by atoms with E-state index in [2.05, 4.69) is 66.4 Å². The van der Waals surface area contributed by atoms with E-state index in [4.69, 9.17) is 39.8 Å². The number of amides is 4. The highest BCUT2D eigenvalue weighted by Gasteiger charge is 2.26. The summed E-state index contributed by atoms with van der Waals surface area (Å²) in [5.41, 5.74) is 26.1. The summed E-state index contributed by atoms with van der Waals surface area (Å²) in [5.74, 6) is 2.36. The third kappa shape index (κ3) is 26.5. The predicted octanol–water partition coefficient (Wildman–Crippen LogP) is 15.8. The molecule has 0 saturated heterocycles.